The summed E-state index contributed by atoms with van der Waals surface area (Å²) in [4.78, 5) is 12.3. The molecule has 0 aliphatic carbocycles. The minimum absolute atomic E-state index is 0.151. The molecule has 0 spiro atoms. The highest BCUT2D eigenvalue weighted by Crippen LogP contribution is 2.23. The van der Waals surface area contributed by atoms with Gasteiger partial charge in [-0.3, -0.25) is 4.79 Å². The number of nitrogens with zero attached hydrogens (tertiary/aromatic N) is 2. The molecule has 0 aliphatic heterocycles. The lowest BCUT2D eigenvalue weighted by Gasteiger charge is -2.07. The number of halogens is 1. The molecule has 0 radical (unpaired) electrons. The zero-order chi connectivity index (χ0) is 17.8. The monoisotopic (exact) mass is 337 g/mol. The molecule has 0 bridgehead atoms. The van der Waals surface area contributed by atoms with Crippen LogP contribution in [-0.4, -0.2) is 15.7 Å². The van der Waals surface area contributed by atoms with Gasteiger partial charge < -0.3 is 5.32 Å². The van der Waals surface area contributed by atoms with E-state index in [0.717, 1.165) is 17.1 Å². The van der Waals surface area contributed by atoms with E-state index in [0.29, 0.717) is 17.7 Å². The number of anilines is 1. The molecule has 0 atom stereocenters. The van der Waals surface area contributed by atoms with Crippen molar-refractivity contribution in [2.24, 2.45) is 0 Å². The number of para-hydroxylation sites is 1. The summed E-state index contributed by atoms with van der Waals surface area (Å²) in [5.41, 5.74) is 3.81. The van der Waals surface area contributed by atoms with Crippen LogP contribution < -0.4 is 5.32 Å². The van der Waals surface area contributed by atoms with E-state index in [2.05, 4.69) is 10.4 Å². The smallest absolute Gasteiger partial charge is 0.224 e. The molecule has 3 aromatic rings. The summed E-state index contributed by atoms with van der Waals surface area (Å²) in [6.45, 7) is 3.78. The Morgan fingerprint density at radius 1 is 1.08 bits per heavy atom. The van der Waals surface area contributed by atoms with Gasteiger partial charge in [-0.2, -0.15) is 5.10 Å². The zero-order valence-electron chi connectivity index (χ0n) is 14.3. The van der Waals surface area contributed by atoms with Crippen molar-refractivity contribution < 1.29 is 9.18 Å². The molecule has 5 heteroatoms. The van der Waals surface area contributed by atoms with Crippen LogP contribution in [0.25, 0.3) is 5.69 Å². The maximum Gasteiger partial charge on any atom is 0.224 e. The summed E-state index contributed by atoms with van der Waals surface area (Å²) in [5.74, 6) is -0.429. The van der Waals surface area contributed by atoms with Crippen molar-refractivity contribution in [3.63, 3.8) is 0 Å². The van der Waals surface area contributed by atoms with E-state index in [1.807, 2.05) is 48.9 Å². The average molecular weight is 337 g/mol. The van der Waals surface area contributed by atoms with Crippen LogP contribution in [0.2, 0.25) is 0 Å². The summed E-state index contributed by atoms with van der Waals surface area (Å²) in [6.07, 6.45) is 0.583. The molecule has 1 aromatic heterocycles. The number of hydrogen-bond donors (Lipinski definition) is 1. The van der Waals surface area contributed by atoms with Gasteiger partial charge in [0.05, 0.1) is 22.8 Å². The molecule has 1 N–H and O–H groups in total. The SMILES string of the molecule is Cc1nn(-c2ccccc2)c(C)c1NC(=O)CCc1ccccc1F. The number of amides is 1. The Labute approximate surface area is 146 Å². The predicted octanol–water partition coefficient (Wildman–Crippen LogP) is 4.20. The van der Waals surface area contributed by atoms with Crippen LogP contribution in [0.1, 0.15) is 23.4 Å². The molecule has 1 heterocycles. The van der Waals surface area contributed by atoms with Gasteiger partial charge in [0.15, 0.2) is 0 Å². The summed E-state index contributed by atoms with van der Waals surface area (Å²) >= 11 is 0. The number of aromatic nitrogens is 2. The van der Waals surface area contributed by atoms with E-state index in [4.69, 9.17) is 0 Å². The van der Waals surface area contributed by atoms with Gasteiger partial charge >= 0.3 is 0 Å². The van der Waals surface area contributed by atoms with Crippen molar-refractivity contribution in [1.29, 1.82) is 0 Å². The van der Waals surface area contributed by atoms with E-state index in [1.165, 1.54) is 6.07 Å². The Balaban J connectivity index is 1.72. The number of nitrogens with one attached hydrogen (secondary N) is 1. The van der Waals surface area contributed by atoms with Gasteiger partial charge in [0.1, 0.15) is 5.82 Å². The van der Waals surface area contributed by atoms with Crippen molar-refractivity contribution in [3.8, 4) is 5.69 Å². The van der Waals surface area contributed by atoms with Crippen molar-refractivity contribution >= 4 is 11.6 Å². The van der Waals surface area contributed by atoms with Crippen LogP contribution in [0.3, 0.4) is 0 Å². The topological polar surface area (TPSA) is 46.9 Å². The van der Waals surface area contributed by atoms with Crippen LogP contribution in [0, 0.1) is 19.7 Å². The van der Waals surface area contributed by atoms with E-state index in [9.17, 15) is 9.18 Å². The summed E-state index contributed by atoms with van der Waals surface area (Å²) in [6, 6.07) is 16.3. The second kappa shape index (κ2) is 7.30. The van der Waals surface area contributed by atoms with Crippen molar-refractivity contribution in [3.05, 3.63) is 77.4 Å². The molecular formula is C20H20FN3O. The Morgan fingerprint density at radius 3 is 2.48 bits per heavy atom. The van der Waals surface area contributed by atoms with Gasteiger partial charge in [-0.15, -0.1) is 0 Å². The molecule has 3 rings (SSSR count). The first-order valence-electron chi connectivity index (χ1n) is 8.21. The van der Waals surface area contributed by atoms with Crippen LogP contribution in [0.15, 0.2) is 54.6 Å². The lowest BCUT2D eigenvalue weighted by molar-refractivity contribution is -0.116. The fourth-order valence-corrected chi connectivity index (χ4v) is 2.80. The highest BCUT2D eigenvalue weighted by Gasteiger charge is 2.15. The third kappa shape index (κ3) is 3.76. The molecule has 1 amide bonds. The number of rotatable bonds is 5. The van der Waals surface area contributed by atoms with Crippen LogP contribution in [0.5, 0.6) is 0 Å². The van der Waals surface area contributed by atoms with Gasteiger partial charge in [0.25, 0.3) is 0 Å². The summed E-state index contributed by atoms with van der Waals surface area (Å²) in [5, 5.41) is 7.42. The summed E-state index contributed by atoms with van der Waals surface area (Å²) in [7, 11) is 0. The highest BCUT2D eigenvalue weighted by atomic mass is 19.1. The van der Waals surface area contributed by atoms with Gasteiger partial charge in [-0.25, -0.2) is 9.07 Å². The molecule has 0 aliphatic rings. The third-order valence-electron chi connectivity index (χ3n) is 4.14. The molecule has 2 aromatic carbocycles. The number of aryl methyl sites for hydroxylation is 2. The molecular weight excluding hydrogens is 317 g/mol. The fraction of sp³-hybridized carbons (Fsp3) is 0.200. The average Bonchev–Trinajstić information content (AvgIpc) is 2.90. The van der Waals surface area contributed by atoms with Crippen LogP contribution >= 0.6 is 0 Å². The summed E-state index contributed by atoms with van der Waals surface area (Å²) < 4.78 is 15.4. The zero-order valence-corrected chi connectivity index (χ0v) is 14.3. The quantitative estimate of drug-likeness (QED) is 0.758. The van der Waals surface area contributed by atoms with E-state index < -0.39 is 0 Å². The maximum absolute atomic E-state index is 13.6. The Hall–Kier alpha value is -2.95. The minimum atomic E-state index is -0.278. The third-order valence-corrected chi connectivity index (χ3v) is 4.14. The fourth-order valence-electron chi connectivity index (χ4n) is 2.80. The predicted molar refractivity (Wildman–Crippen MR) is 96.4 cm³/mol. The lowest BCUT2D eigenvalue weighted by Crippen LogP contribution is -2.14. The van der Waals surface area contributed by atoms with Crippen LogP contribution in [-0.2, 0) is 11.2 Å². The van der Waals surface area contributed by atoms with Gasteiger partial charge in [0.2, 0.25) is 5.91 Å². The van der Waals surface area contributed by atoms with Gasteiger partial charge in [-0.05, 0) is 44.0 Å². The Morgan fingerprint density at radius 2 is 1.76 bits per heavy atom. The first-order valence-corrected chi connectivity index (χ1v) is 8.21. The molecule has 0 saturated carbocycles. The molecule has 0 saturated heterocycles. The van der Waals surface area contributed by atoms with E-state index in [-0.39, 0.29) is 18.1 Å². The normalized spacial score (nSPS) is 10.7. The second-order valence-corrected chi connectivity index (χ2v) is 5.93. The number of carbonyl (C=O) groups is 1. The van der Waals surface area contributed by atoms with Crippen molar-refractivity contribution in [2.45, 2.75) is 26.7 Å². The first-order chi connectivity index (χ1) is 12.1. The molecule has 0 fully saturated rings. The first kappa shape index (κ1) is 16.9. The largest absolute Gasteiger partial charge is 0.323 e. The van der Waals surface area contributed by atoms with E-state index in [1.54, 1.807) is 18.2 Å². The number of hydrogen-bond acceptors (Lipinski definition) is 2. The molecule has 25 heavy (non-hydrogen) atoms. The van der Waals surface area contributed by atoms with Crippen molar-refractivity contribution in [2.75, 3.05) is 5.32 Å². The lowest BCUT2D eigenvalue weighted by atomic mass is 10.1. The van der Waals surface area contributed by atoms with Crippen LogP contribution in [0.4, 0.5) is 10.1 Å². The van der Waals surface area contributed by atoms with E-state index >= 15 is 0 Å². The minimum Gasteiger partial charge on any atom is -0.323 e. The van der Waals surface area contributed by atoms with Gasteiger partial charge in [0, 0.05) is 6.42 Å². The number of carbonyl (C=O) groups excluding carboxylic acids is 1. The highest BCUT2D eigenvalue weighted by molar-refractivity contribution is 5.92. The molecule has 128 valence electrons. The second-order valence-electron chi connectivity index (χ2n) is 5.93. The Bertz CT molecular complexity index is 887. The maximum atomic E-state index is 13.6. The van der Waals surface area contributed by atoms with Crippen molar-refractivity contribution in [1.82, 2.24) is 9.78 Å². The molecule has 0 unspecified atom stereocenters. The standard InChI is InChI=1S/C20H20FN3O/c1-14-20(15(2)24(23-14)17-9-4-3-5-10-17)22-19(25)13-12-16-8-6-7-11-18(16)21/h3-11H,12-13H2,1-2H3,(H,22,25). The molecule has 4 nitrogen and oxygen atoms in total. The van der Waals surface area contributed by atoms with Gasteiger partial charge in [-0.1, -0.05) is 36.4 Å². The Kier molecular flexibility index (Phi) is 4.93. The number of benzene rings is 2.